The van der Waals surface area contributed by atoms with Crippen LogP contribution in [0.2, 0.25) is 0 Å². The van der Waals surface area contributed by atoms with Gasteiger partial charge >= 0.3 is 6.18 Å². The SMILES string of the molecule is COCCCCCCCCOc1cc(F)c(-c2cc(F)c(C(F)(F)F)c(F)c2)c(F)c1. The molecule has 2 rings (SSSR count). The Morgan fingerprint density at radius 2 is 1.16 bits per heavy atom. The molecule has 2 aromatic carbocycles. The van der Waals surface area contributed by atoms with Gasteiger partial charge in [0.05, 0.1) is 12.2 Å². The van der Waals surface area contributed by atoms with E-state index in [1.807, 2.05) is 0 Å². The molecule has 0 unspecified atom stereocenters. The van der Waals surface area contributed by atoms with Gasteiger partial charge in [0.25, 0.3) is 0 Å². The van der Waals surface area contributed by atoms with Gasteiger partial charge < -0.3 is 9.47 Å². The predicted molar refractivity (Wildman–Crippen MR) is 102 cm³/mol. The first kappa shape index (κ1) is 25.0. The Morgan fingerprint density at radius 3 is 1.65 bits per heavy atom. The molecule has 0 aliphatic heterocycles. The maximum atomic E-state index is 14.4. The average Bonchev–Trinajstić information content (AvgIpc) is 2.64. The predicted octanol–water partition coefficient (Wildman–Crippen LogP) is 7.29. The van der Waals surface area contributed by atoms with Gasteiger partial charge in [0, 0.05) is 25.8 Å². The third kappa shape index (κ3) is 7.12. The molecule has 0 aliphatic rings. The lowest BCUT2D eigenvalue weighted by atomic mass is 10.0. The van der Waals surface area contributed by atoms with Crippen LogP contribution in [-0.2, 0) is 10.9 Å². The molecule has 0 atom stereocenters. The molecule has 172 valence electrons. The fourth-order valence-corrected chi connectivity index (χ4v) is 3.14. The van der Waals surface area contributed by atoms with Crippen molar-refractivity contribution >= 4 is 0 Å². The van der Waals surface area contributed by atoms with Gasteiger partial charge in [-0.3, -0.25) is 0 Å². The molecule has 0 saturated carbocycles. The highest BCUT2D eigenvalue weighted by atomic mass is 19.4. The fourth-order valence-electron chi connectivity index (χ4n) is 3.14. The second-order valence-electron chi connectivity index (χ2n) is 7.04. The summed E-state index contributed by atoms with van der Waals surface area (Å²) in [7, 11) is 1.65. The Bertz CT molecular complexity index is 819. The molecule has 0 aromatic heterocycles. The van der Waals surface area contributed by atoms with Crippen molar-refractivity contribution in [3.05, 3.63) is 53.1 Å². The molecule has 0 heterocycles. The van der Waals surface area contributed by atoms with Gasteiger partial charge in [-0.2, -0.15) is 13.2 Å². The second-order valence-corrected chi connectivity index (χ2v) is 7.04. The number of ether oxygens (including phenoxy) is 2. The first-order valence-corrected chi connectivity index (χ1v) is 9.82. The minimum absolute atomic E-state index is 0.119. The van der Waals surface area contributed by atoms with Gasteiger partial charge in [-0.1, -0.05) is 25.7 Å². The highest BCUT2D eigenvalue weighted by molar-refractivity contribution is 5.66. The van der Waals surface area contributed by atoms with E-state index in [1.54, 1.807) is 7.11 Å². The quantitative estimate of drug-likeness (QED) is 0.263. The topological polar surface area (TPSA) is 18.5 Å². The van der Waals surface area contributed by atoms with Crippen LogP contribution in [0.5, 0.6) is 5.75 Å². The monoisotopic (exact) mass is 452 g/mol. The number of rotatable bonds is 11. The average molecular weight is 452 g/mol. The van der Waals surface area contributed by atoms with Crippen LogP contribution in [0.4, 0.5) is 30.7 Å². The number of benzene rings is 2. The van der Waals surface area contributed by atoms with Gasteiger partial charge in [0.1, 0.15) is 34.6 Å². The van der Waals surface area contributed by atoms with Crippen LogP contribution >= 0.6 is 0 Å². The molecule has 9 heteroatoms. The minimum Gasteiger partial charge on any atom is -0.493 e. The summed E-state index contributed by atoms with van der Waals surface area (Å²) in [4.78, 5) is 0. The lowest BCUT2D eigenvalue weighted by Crippen LogP contribution is -2.11. The molecule has 2 aromatic rings. The number of hydrogen-bond acceptors (Lipinski definition) is 2. The van der Waals surface area contributed by atoms with Gasteiger partial charge in [0.2, 0.25) is 0 Å². The molecule has 2 nitrogen and oxygen atoms in total. The van der Waals surface area contributed by atoms with Crippen molar-refractivity contribution in [3.8, 4) is 16.9 Å². The van der Waals surface area contributed by atoms with Crippen LogP contribution in [0.15, 0.2) is 24.3 Å². The molecule has 0 N–H and O–H groups in total. The molecule has 0 bridgehead atoms. The van der Waals surface area contributed by atoms with Crippen molar-refractivity contribution in [1.29, 1.82) is 0 Å². The number of alkyl halides is 3. The normalized spacial score (nSPS) is 11.7. The second kappa shape index (κ2) is 11.4. The molecule has 0 fully saturated rings. The van der Waals surface area contributed by atoms with Gasteiger partial charge in [-0.05, 0) is 30.5 Å². The third-order valence-corrected chi connectivity index (χ3v) is 4.64. The summed E-state index contributed by atoms with van der Waals surface area (Å²) >= 11 is 0. The third-order valence-electron chi connectivity index (χ3n) is 4.64. The van der Waals surface area contributed by atoms with Crippen LogP contribution in [-0.4, -0.2) is 20.3 Å². The first-order valence-electron chi connectivity index (χ1n) is 9.82. The smallest absolute Gasteiger partial charge is 0.422 e. The molecule has 0 spiro atoms. The Balaban J connectivity index is 2.00. The van der Waals surface area contributed by atoms with Gasteiger partial charge in [-0.25, -0.2) is 17.6 Å². The number of halogens is 7. The molecule has 0 radical (unpaired) electrons. The number of methoxy groups -OCH3 is 1. The van der Waals surface area contributed by atoms with Crippen LogP contribution in [0.25, 0.3) is 11.1 Å². The summed E-state index contributed by atoms with van der Waals surface area (Å²) in [6.45, 7) is 0.946. The lowest BCUT2D eigenvalue weighted by Gasteiger charge is -2.13. The number of unbranched alkanes of at least 4 members (excludes halogenated alkanes) is 5. The fraction of sp³-hybridized carbons (Fsp3) is 0.455. The van der Waals surface area contributed by atoms with E-state index in [2.05, 4.69) is 0 Å². The van der Waals surface area contributed by atoms with E-state index in [1.165, 1.54) is 0 Å². The highest BCUT2D eigenvalue weighted by Gasteiger charge is 2.38. The summed E-state index contributed by atoms with van der Waals surface area (Å²) < 4.78 is 105. The van der Waals surface area contributed by atoms with Crippen molar-refractivity contribution in [3.63, 3.8) is 0 Å². The van der Waals surface area contributed by atoms with Crippen molar-refractivity contribution in [2.24, 2.45) is 0 Å². The zero-order valence-corrected chi connectivity index (χ0v) is 16.9. The first-order chi connectivity index (χ1) is 14.6. The Morgan fingerprint density at radius 1 is 0.677 bits per heavy atom. The summed E-state index contributed by atoms with van der Waals surface area (Å²) in [5.74, 6) is -6.43. The van der Waals surface area contributed by atoms with Crippen LogP contribution < -0.4 is 4.74 Å². The molecule has 0 saturated heterocycles. The Kier molecular flexibility index (Phi) is 9.15. The van der Waals surface area contributed by atoms with Crippen molar-refractivity contribution in [2.75, 3.05) is 20.3 Å². The van der Waals surface area contributed by atoms with E-state index in [-0.39, 0.29) is 24.5 Å². The minimum atomic E-state index is -5.27. The van der Waals surface area contributed by atoms with E-state index >= 15 is 0 Å². The molecule has 31 heavy (non-hydrogen) atoms. The highest BCUT2D eigenvalue weighted by Crippen LogP contribution is 2.37. The van der Waals surface area contributed by atoms with Crippen LogP contribution in [0.1, 0.15) is 44.1 Å². The van der Waals surface area contributed by atoms with Crippen molar-refractivity contribution < 1.29 is 40.2 Å². The standard InChI is InChI=1S/C22H23F7O2/c1-30-8-6-4-2-3-5-7-9-31-15-12-16(23)20(17(24)13-15)14-10-18(25)21(19(26)11-14)22(27,28)29/h10-13H,2-9H2,1H3. The Labute approximate surface area is 176 Å². The summed E-state index contributed by atoms with van der Waals surface area (Å²) in [5.41, 5.74) is -3.64. The van der Waals surface area contributed by atoms with E-state index in [9.17, 15) is 30.7 Å². The van der Waals surface area contributed by atoms with E-state index in [0.717, 1.165) is 50.8 Å². The molecular formula is C22H23F7O2. The molecule has 0 aliphatic carbocycles. The van der Waals surface area contributed by atoms with E-state index < -0.39 is 46.1 Å². The van der Waals surface area contributed by atoms with E-state index in [0.29, 0.717) is 6.42 Å². The Hall–Kier alpha value is -2.29. The maximum absolute atomic E-state index is 14.4. The summed E-state index contributed by atoms with van der Waals surface area (Å²) in [5, 5.41) is 0. The summed E-state index contributed by atoms with van der Waals surface area (Å²) in [6.07, 6.45) is 0.347. The van der Waals surface area contributed by atoms with Crippen molar-refractivity contribution in [1.82, 2.24) is 0 Å². The van der Waals surface area contributed by atoms with E-state index in [4.69, 9.17) is 9.47 Å². The zero-order chi connectivity index (χ0) is 23.0. The van der Waals surface area contributed by atoms with Gasteiger partial charge in [0.15, 0.2) is 0 Å². The van der Waals surface area contributed by atoms with Gasteiger partial charge in [-0.15, -0.1) is 0 Å². The lowest BCUT2D eigenvalue weighted by molar-refractivity contribution is -0.142. The maximum Gasteiger partial charge on any atom is 0.422 e. The largest absolute Gasteiger partial charge is 0.493 e. The summed E-state index contributed by atoms with van der Waals surface area (Å²) in [6, 6.07) is 2.16. The van der Waals surface area contributed by atoms with Crippen molar-refractivity contribution in [2.45, 2.75) is 44.7 Å². The van der Waals surface area contributed by atoms with Crippen LogP contribution in [0.3, 0.4) is 0 Å². The molecular weight excluding hydrogens is 429 g/mol. The zero-order valence-electron chi connectivity index (χ0n) is 16.9. The number of hydrogen-bond donors (Lipinski definition) is 0. The van der Waals surface area contributed by atoms with Crippen LogP contribution in [0, 0.1) is 23.3 Å². The molecule has 0 amide bonds.